The minimum atomic E-state index is -0.674. The molecule has 0 bridgehead atoms. The van der Waals surface area contributed by atoms with Crippen LogP contribution in [0.4, 0.5) is 4.79 Å². The zero-order chi connectivity index (χ0) is 28.4. The van der Waals surface area contributed by atoms with Crippen molar-refractivity contribution >= 4 is 6.16 Å². The number of hydroxylamine groups is 2. The third kappa shape index (κ3) is 6.23. The van der Waals surface area contributed by atoms with E-state index in [0.29, 0.717) is 32.8 Å². The van der Waals surface area contributed by atoms with Crippen LogP contribution >= 0.6 is 0 Å². The van der Waals surface area contributed by atoms with Crippen LogP contribution in [-0.2, 0) is 16.1 Å². The van der Waals surface area contributed by atoms with Crippen LogP contribution < -0.4 is 9.47 Å². The van der Waals surface area contributed by atoms with Crippen molar-refractivity contribution in [2.45, 2.75) is 32.9 Å². The second-order valence-corrected chi connectivity index (χ2v) is 11.1. The fourth-order valence-electron chi connectivity index (χ4n) is 4.98. The third-order valence-corrected chi connectivity index (χ3v) is 6.91. The number of furan rings is 1. The van der Waals surface area contributed by atoms with E-state index in [2.05, 4.69) is 29.2 Å². The van der Waals surface area contributed by atoms with Crippen molar-refractivity contribution < 1.29 is 28.3 Å². The largest absolute Gasteiger partial charge is 0.528 e. The summed E-state index contributed by atoms with van der Waals surface area (Å²) < 4.78 is 24.4. The predicted molar refractivity (Wildman–Crippen MR) is 152 cm³/mol. The maximum Gasteiger partial charge on any atom is 0.528 e. The Bertz CT molecular complexity index is 1480. The SMILES string of the molecule is CC(C)(C)OC(=O)ON1CCN(Cc2cnn(-c3ccc(-c4ccc5c(c4)OCCO5)cc3)c2-c2ccco2)CC1. The van der Waals surface area contributed by atoms with Gasteiger partial charge in [0, 0.05) is 38.3 Å². The first-order valence-electron chi connectivity index (χ1n) is 13.8. The van der Waals surface area contributed by atoms with E-state index in [1.807, 2.05) is 62.0 Å². The van der Waals surface area contributed by atoms with Gasteiger partial charge in [-0.1, -0.05) is 18.2 Å². The summed E-state index contributed by atoms with van der Waals surface area (Å²) in [7, 11) is 0. The molecular formula is C31H34N4O6. The average Bonchev–Trinajstić information content (AvgIpc) is 3.63. The highest BCUT2D eigenvalue weighted by Crippen LogP contribution is 2.35. The zero-order valence-electron chi connectivity index (χ0n) is 23.5. The maximum atomic E-state index is 12.0. The highest BCUT2D eigenvalue weighted by atomic mass is 16.8. The molecule has 4 aromatic rings. The topological polar surface area (TPSA) is 91.4 Å². The van der Waals surface area contributed by atoms with E-state index in [4.69, 9.17) is 28.6 Å². The minimum Gasteiger partial charge on any atom is -0.486 e. The molecule has 0 spiro atoms. The number of ether oxygens (including phenoxy) is 3. The molecule has 0 aliphatic carbocycles. The van der Waals surface area contributed by atoms with E-state index in [9.17, 15) is 4.79 Å². The molecule has 0 saturated carbocycles. The van der Waals surface area contributed by atoms with Crippen LogP contribution in [0.15, 0.2) is 71.5 Å². The molecule has 2 aliphatic heterocycles. The van der Waals surface area contributed by atoms with Crippen molar-refractivity contribution in [2.75, 3.05) is 39.4 Å². The van der Waals surface area contributed by atoms with Crippen molar-refractivity contribution in [1.29, 1.82) is 0 Å². The summed E-state index contributed by atoms with van der Waals surface area (Å²) >= 11 is 0. The van der Waals surface area contributed by atoms with Crippen molar-refractivity contribution in [3.05, 3.63) is 72.6 Å². The molecule has 0 N–H and O–H groups in total. The van der Waals surface area contributed by atoms with Crippen LogP contribution in [0.1, 0.15) is 26.3 Å². The second kappa shape index (κ2) is 11.3. The van der Waals surface area contributed by atoms with Gasteiger partial charge in [0.15, 0.2) is 17.3 Å². The third-order valence-electron chi connectivity index (χ3n) is 6.91. The molecule has 1 saturated heterocycles. The molecule has 4 heterocycles. The number of hydrogen-bond donors (Lipinski definition) is 0. The van der Waals surface area contributed by atoms with Crippen LogP contribution in [-0.4, -0.2) is 70.9 Å². The normalized spacial score (nSPS) is 16.0. The van der Waals surface area contributed by atoms with Crippen LogP contribution in [0.5, 0.6) is 11.5 Å². The van der Waals surface area contributed by atoms with E-state index in [1.165, 1.54) is 0 Å². The van der Waals surface area contributed by atoms with Gasteiger partial charge in [0.2, 0.25) is 0 Å². The molecule has 6 rings (SSSR count). The lowest BCUT2D eigenvalue weighted by molar-refractivity contribution is -0.158. The van der Waals surface area contributed by atoms with Crippen molar-refractivity contribution in [3.63, 3.8) is 0 Å². The van der Waals surface area contributed by atoms with Gasteiger partial charge in [-0.15, -0.1) is 5.06 Å². The smallest absolute Gasteiger partial charge is 0.486 e. The summed E-state index contributed by atoms with van der Waals surface area (Å²) in [6, 6.07) is 18.1. The number of aromatic nitrogens is 2. The number of fused-ring (bicyclic) bond motifs is 1. The summed E-state index contributed by atoms with van der Waals surface area (Å²) in [5.41, 5.74) is 4.44. The second-order valence-electron chi connectivity index (χ2n) is 11.1. The Morgan fingerprint density at radius 3 is 2.37 bits per heavy atom. The number of piperazine rings is 1. The Hall–Kier alpha value is -4.28. The summed E-state index contributed by atoms with van der Waals surface area (Å²) in [4.78, 5) is 19.7. The van der Waals surface area contributed by atoms with Gasteiger partial charge in [0.05, 0.1) is 18.1 Å². The number of benzene rings is 2. The quantitative estimate of drug-likeness (QED) is 0.282. The molecule has 10 heteroatoms. The predicted octanol–water partition coefficient (Wildman–Crippen LogP) is 5.55. The van der Waals surface area contributed by atoms with Crippen LogP contribution in [0, 0.1) is 0 Å². The van der Waals surface area contributed by atoms with E-state index in [1.54, 1.807) is 11.3 Å². The average molecular weight is 559 g/mol. The van der Waals surface area contributed by atoms with Crippen LogP contribution in [0.25, 0.3) is 28.3 Å². The zero-order valence-corrected chi connectivity index (χ0v) is 23.5. The van der Waals surface area contributed by atoms with Gasteiger partial charge in [-0.05, 0) is 68.3 Å². The molecule has 0 amide bonds. The van der Waals surface area contributed by atoms with Gasteiger partial charge >= 0.3 is 6.16 Å². The monoisotopic (exact) mass is 558 g/mol. The molecule has 2 aromatic heterocycles. The standard InChI is InChI=1S/C31H34N4O6/c1-31(2,3)40-30(36)41-34-14-12-33(13-15-34)21-24-20-32-35(29(24)27-5-4-16-37-27)25-9-6-22(7-10-25)23-8-11-26-28(19-23)39-18-17-38-26/h4-11,16,19-20H,12-15,17-18,21H2,1-3H3. The Balaban J connectivity index is 1.17. The van der Waals surface area contributed by atoms with E-state index < -0.39 is 11.8 Å². The first-order chi connectivity index (χ1) is 19.8. The number of nitrogens with zero attached hydrogens (tertiary/aromatic N) is 4. The number of hydrogen-bond acceptors (Lipinski definition) is 9. The lowest BCUT2D eigenvalue weighted by Gasteiger charge is -2.33. The molecule has 0 unspecified atom stereocenters. The number of rotatable bonds is 6. The van der Waals surface area contributed by atoms with Gasteiger partial charge in [0.25, 0.3) is 0 Å². The first kappa shape index (κ1) is 26.9. The molecule has 1 fully saturated rings. The molecule has 2 aromatic carbocycles. The van der Waals surface area contributed by atoms with E-state index in [0.717, 1.165) is 58.4 Å². The molecule has 41 heavy (non-hydrogen) atoms. The lowest BCUT2D eigenvalue weighted by atomic mass is 10.0. The lowest BCUT2D eigenvalue weighted by Crippen LogP contribution is -2.47. The molecular weight excluding hydrogens is 524 g/mol. The first-order valence-corrected chi connectivity index (χ1v) is 13.8. The summed E-state index contributed by atoms with van der Waals surface area (Å²) in [5.74, 6) is 2.30. The minimum absolute atomic E-state index is 0.558. The van der Waals surface area contributed by atoms with Gasteiger partial charge in [0.1, 0.15) is 24.5 Å². The molecule has 0 radical (unpaired) electrons. The molecule has 214 valence electrons. The fourth-order valence-corrected chi connectivity index (χ4v) is 4.98. The Morgan fingerprint density at radius 2 is 1.66 bits per heavy atom. The van der Waals surface area contributed by atoms with Crippen LogP contribution in [0.2, 0.25) is 0 Å². The van der Waals surface area contributed by atoms with Crippen molar-refractivity contribution in [1.82, 2.24) is 19.7 Å². The molecule has 2 aliphatic rings. The summed E-state index contributed by atoms with van der Waals surface area (Å²) in [5, 5.41) is 6.41. The Morgan fingerprint density at radius 1 is 0.927 bits per heavy atom. The van der Waals surface area contributed by atoms with Gasteiger partial charge in [-0.3, -0.25) is 4.90 Å². The van der Waals surface area contributed by atoms with E-state index in [-0.39, 0.29) is 0 Å². The van der Waals surface area contributed by atoms with Gasteiger partial charge in [-0.25, -0.2) is 9.48 Å². The fraction of sp³-hybridized carbons (Fsp3) is 0.355. The van der Waals surface area contributed by atoms with Crippen molar-refractivity contribution in [3.8, 4) is 39.8 Å². The van der Waals surface area contributed by atoms with Crippen LogP contribution in [0.3, 0.4) is 0 Å². The van der Waals surface area contributed by atoms with Crippen molar-refractivity contribution in [2.24, 2.45) is 0 Å². The number of carbonyl (C=O) groups is 1. The molecule has 10 nitrogen and oxygen atoms in total. The highest BCUT2D eigenvalue weighted by molar-refractivity contribution is 5.69. The van der Waals surface area contributed by atoms with E-state index >= 15 is 0 Å². The Labute approximate surface area is 238 Å². The van der Waals surface area contributed by atoms with Gasteiger partial charge in [-0.2, -0.15) is 5.10 Å². The highest BCUT2D eigenvalue weighted by Gasteiger charge is 2.26. The number of carbonyl (C=O) groups excluding carboxylic acids is 1. The summed E-state index contributed by atoms with van der Waals surface area (Å²) in [6.45, 7) is 9.91. The van der Waals surface area contributed by atoms with Gasteiger partial charge < -0.3 is 23.5 Å². The molecule has 0 atom stereocenters. The maximum absolute atomic E-state index is 12.0. The summed E-state index contributed by atoms with van der Waals surface area (Å²) in [6.07, 6.45) is 2.90. The Kier molecular flexibility index (Phi) is 7.42.